The molecule has 0 amide bonds. The van der Waals surface area contributed by atoms with Gasteiger partial charge in [0, 0.05) is 6.08 Å². The molecule has 0 bridgehead atoms. The maximum absolute atomic E-state index is 12.1. The summed E-state index contributed by atoms with van der Waals surface area (Å²) in [5, 5.41) is 0. The second-order valence-corrected chi connectivity index (χ2v) is 6.22. The van der Waals surface area contributed by atoms with Gasteiger partial charge < -0.3 is 14.2 Å². The molecular formula is C23H26O5. The minimum Gasteiger partial charge on any atom is -0.494 e. The Morgan fingerprint density at radius 1 is 0.821 bits per heavy atom. The Labute approximate surface area is 165 Å². The lowest BCUT2D eigenvalue weighted by Gasteiger charge is -2.08. The minimum atomic E-state index is -0.379. The molecule has 0 radical (unpaired) electrons. The van der Waals surface area contributed by atoms with Gasteiger partial charge in [-0.2, -0.15) is 0 Å². The van der Waals surface area contributed by atoms with Gasteiger partial charge in [0.15, 0.2) is 0 Å². The van der Waals surface area contributed by atoms with Crippen LogP contribution in [0.2, 0.25) is 0 Å². The number of hydrogen-bond donors (Lipinski definition) is 0. The van der Waals surface area contributed by atoms with Crippen molar-refractivity contribution in [3.63, 3.8) is 0 Å². The predicted octanol–water partition coefficient (Wildman–Crippen LogP) is 4.71. The third-order valence-electron chi connectivity index (χ3n) is 4.02. The van der Waals surface area contributed by atoms with Gasteiger partial charge in [0.2, 0.25) is 0 Å². The van der Waals surface area contributed by atoms with Crippen LogP contribution in [0.3, 0.4) is 0 Å². The molecule has 0 atom stereocenters. The zero-order chi connectivity index (χ0) is 20.0. The lowest BCUT2D eigenvalue weighted by Crippen LogP contribution is -2.05. The first-order valence-corrected chi connectivity index (χ1v) is 9.42. The summed E-state index contributed by atoms with van der Waals surface area (Å²) in [6.45, 7) is 4.63. The maximum Gasteiger partial charge on any atom is 0.338 e. The Hall–Kier alpha value is -3.08. The average Bonchev–Trinajstić information content (AvgIpc) is 2.74. The van der Waals surface area contributed by atoms with E-state index in [1.165, 1.54) is 6.08 Å². The predicted molar refractivity (Wildman–Crippen MR) is 107 cm³/mol. The van der Waals surface area contributed by atoms with Gasteiger partial charge in [0.05, 0.1) is 18.8 Å². The third kappa shape index (κ3) is 8.08. The molecule has 0 aromatic heterocycles. The van der Waals surface area contributed by atoms with Gasteiger partial charge in [-0.1, -0.05) is 36.9 Å². The maximum atomic E-state index is 12.1. The second-order valence-electron chi connectivity index (χ2n) is 6.22. The lowest BCUT2D eigenvalue weighted by molar-refractivity contribution is -0.137. The summed E-state index contributed by atoms with van der Waals surface area (Å²) in [6.07, 6.45) is 4.88. The van der Waals surface area contributed by atoms with Crippen LogP contribution < -0.4 is 4.74 Å². The molecule has 2 aromatic carbocycles. The van der Waals surface area contributed by atoms with Crippen molar-refractivity contribution in [2.45, 2.75) is 32.3 Å². The molecule has 148 valence electrons. The van der Waals surface area contributed by atoms with Crippen molar-refractivity contribution in [1.82, 2.24) is 0 Å². The standard InChI is InChI=1S/C23H26O5/c1-2-22(24)27-17-9-4-3-8-16-26-21-14-12-20(13-15-21)23(25)28-18-19-10-6-5-7-11-19/h2,5-7,10-15H,1,3-4,8-9,16-18H2. The van der Waals surface area contributed by atoms with Crippen molar-refractivity contribution in [1.29, 1.82) is 0 Å². The van der Waals surface area contributed by atoms with Gasteiger partial charge in [0.25, 0.3) is 0 Å². The number of rotatable bonds is 12. The van der Waals surface area contributed by atoms with Crippen LogP contribution in [0.15, 0.2) is 67.3 Å². The van der Waals surface area contributed by atoms with Gasteiger partial charge in [-0.25, -0.2) is 9.59 Å². The van der Waals surface area contributed by atoms with Crippen molar-refractivity contribution >= 4 is 11.9 Å². The van der Waals surface area contributed by atoms with E-state index in [4.69, 9.17) is 14.2 Å². The Bertz CT molecular complexity index is 737. The molecule has 0 unspecified atom stereocenters. The Kier molecular flexibility index (Phi) is 9.35. The van der Waals surface area contributed by atoms with Gasteiger partial charge in [-0.15, -0.1) is 0 Å². The molecule has 2 rings (SSSR count). The van der Waals surface area contributed by atoms with Crippen LogP contribution in [-0.2, 0) is 20.9 Å². The molecule has 0 aliphatic rings. The highest BCUT2D eigenvalue weighted by Gasteiger charge is 2.07. The second kappa shape index (κ2) is 12.3. The summed E-state index contributed by atoms with van der Waals surface area (Å²) < 4.78 is 15.9. The molecule has 5 nitrogen and oxygen atoms in total. The SMILES string of the molecule is C=CC(=O)OCCCCCCOc1ccc(C(=O)OCc2ccccc2)cc1. The molecule has 0 aliphatic carbocycles. The van der Waals surface area contributed by atoms with Crippen molar-refractivity contribution < 1.29 is 23.8 Å². The highest BCUT2D eigenvalue weighted by molar-refractivity contribution is 5.89. The lowest BCUT2D eigenvalue weighted by atomic mass is 10.2. The van der Waals surface area contributed by atoms with Crippen molar-refractivity contribution in [2.75, 3.05) is 13.2 Å². The first kappa shape index (κ1) is 21.2. The van der Waals surface area contributed by atoms with Crippen LogP contribution in [0, 0.1) is 0 Å². The van der Waals surface area contributed by atoms with Gasteiger partial charge in [-0.3, -0.25) is 0 Å². The zero-order valence-corrected chi connectivity index (χ0v) is 16.0. The number of carbonyl (C=O) groups is 2. The van der Waals surface area contributed by atoms with E-state index >= 15 is 0 Å². The van der Waals surface area contributed by atoms with Crippen molar-refractivity contribution in [3.8, 4) is 5.75 Å². The highest BCUT2D eigenvalue weighted by atomic mass is 16.5. The number of ether oxygens (including phenoxy) is 3. The molecule has 0 heterocycles. The zero-order valence-electron chi connectivity index (χ0n) is 16.0. The molecule has 28 heavy (non-hydrogen) atoms. The summed E-state index contributed by atoms with van der Waals surface area (Å²) in [6, 6.07) is 16.5. The topological polar surface area (TPSA) is 61.8 Å². The fraction of sp³-hybridized carbons (Fsp3) is 0.304. The van der Waals surface area contributed by atoms with Crippen molar-refractivity contribution in [2.24, 2.45) is 0 Å². The van der Waals surface area contributed by atoms with Crippen LogP contribution >= 0.6 is 0 Å². The Balaban J connectivity index is 1.59. The molecule has 2 aromatic rings. The summed E-state index contributed by atoms with van der Waals surface area (Å²) in [7, 11) is 0. The Morgan fingerprint density at radius 3 is 2.18 bits per heavy atom. The number of carbonyl (C=O) groups excluding carboxylic acids is 2. The van der Waals surface area contributed by atoms with E-state index in [2.05, 4.69) is 6.58 Å². The first-order valence-electron chi connectivity index (χ1n) is 9.42. The van der Waals surface area contributed by atoms with Crippen molar-refractivity contribution in [3.05, 3.63) is 78.4 Å². The minimum absolute atomic E-state index is 0.255. The quantitative estimate of drug-likeness (QED) is 0.302. The summed E-state index contributed by atoms with van der Waals surface area (Å²) >= 11 is 0. The summed E-state index contributed by atoms with van der Waals surface area (Å²) in [5.74, 6) is -0.0113. The molecule has 5 heteroatoms. The largest absolute Gasteiger partial charge is 0.494 e. The third-order valence-corrected chi connectivity index (χ3v) is 4.02. The first-order chi connectivity index (χ1) is 13.7. The summed E-state index contributed by atoms with van der Waals surface area (Å²) in [5.41, 5.74) is 1.45. The van der Waals surface area contributed by atoms with E-state index < -0.39 is 0 Å². The van der Waals surface area contributed by atoms with E-state index in [0.717, 1.165) is 37.0 Å². The Morgan fingerprint density at radius 2 is 1.50 bits per heavy atom. The number of unbranched alkanes of at least 4 members (excludes halogenated alkanes) is 3. The van der Waals surface area contributed by atoms with E-state index in [1.54, 1.807) is 24.3 Å². The monoisotopic (exact) mass is 382 g/mol. The van der Waals surface area contributed by atoms with Crippen LogP contribution in [-0.4, -0.2) is 25.2 Å². The van der Waals surface area contributed by atoms with Crippen LogP contribution in [0.4, 0.5) is 0 Å². The van der Waals surface area contributed by atoms with Gasteiger partial charge in [0.1, 0.15) is 12.4 Å². The van der Waals surface area contributed by atoms with Crippen LogP contribution in [0.5, 0.6) is 5.75 Å². The molecule has 0 saturated heterocycles. The highest BCUT2D eigenvalue weighted by Crippen LogP contribution is 2.14. The molecule has 0 N–H and O–H groups in total. The van der Waals surface area contributed by atoms with Gasteiger partial charge in [-0.05, 0) is 55.5 Å². The fourth-order valence-corrected chi connectivity index (χ4v) is 2.47. The van der Waals surface area contributed by atoms with E-state index in [-0.39, 0.29) is 18.5 Å². The number of esters is 2. The molecule has 0 fully saturated rings. The normalized spacial score (nSPS) is 10.1. The fourth-order valence-electron chi connectivity index (χ4n) is 2.47. The number of hydrogen-bond acceptors (Lipinski definition) is 5. The van der Waals surface area contributed by atoms with E-state index in [0.29, 0.717) is 18.8 Å². The molecule has 0 spiro atoms. The molecular weight excluding hydrogens is 356 g/mol. The average molecular weight is 382 g/mol. The smallest absolute Gasteiger partial charge is 0.338 e. The molecule has 0 saturated carbocycles. The van der Waals surface area contributed by atoms with Crippen LogP contribution in [0.1, 0.15) is 41.6 Å². The summed E-state index contributed by atoms with van der Waals surface area (Å²) in [4.78, 5) is 23.0. The van der Waals surface area contributed by atoms with E-state index in [9.17, 15) is 9.59 Å². The molecule has 0 aliphatic heterocycles. The van der Waals surface area contributed by atoms with Crippen LogP contribution in [0.25, 0.3) is 0 Å². The number of benzene rings is 2. The van der Waals surface area contributed by atoms with E-state index in [1.807, 2.05) is 30.3 Å². The van der Waals surface area contributed by atoms with Gasteiger partial charge >= 0.3 is 11.9 Å².